The minimum absolute atomic E-state index is 0.0372. The highest BCUT2D eigenvalue weighted by atomic mass is 16.5. The SMILES string of the molecule is CC1CN(C(=O)Nc2cccnc2C(=O)O)C(C)CO1. The molecule has 1 fully saturated rings. The van der Waals surface area contributed by atoms with E-state index in [1.54, 1.807) is 11.0 Å². The van der Waals surface area contributed by atoms with Crippen LogP contribution in [0.2, 0.25) is 0 Å². The first-order valence-electron chi connectivity index (χ1n) is 6.36. The number of carbonyl (C=O) groups excluding carboxylic acids is 1. The molecule has 2 rings (SSSR count). The summed E-state index contributed by atoms with van der Waals surface area (Å²) in [6.07, 6.45) is 1.34. The molecule has 2 atom stereocenters. The van der Waals surface area contributed by atoms with Crippen molar-refractivity contribution in [2.75, 3.05) is 18.5 Å². The number of carboxylic acids is 1. The third-order valence-corrected chi connectivity index (χ3v) is 3.12. The molecule has 0 radical (unpaired) electrons. The summed E-state index contributed by atoms with van der Waals surface area (Å²) in [4.78, 5) is 28.7. The molecule has 0 aliphatic carbocycles. The third-order valence-electron chi connectivity index (χ3n) is 3.12. The topological polar surface area (TPSA) is 91.8 Å². The van der Waals surface area contributed by atoms with Crippen molar-refractivity contribution in [2.24, 2.45) is 0 Å². The standard InChI is InChI=1S/C13H17N3O4/c1-8-7-20-9(2)6-16(8)13(19)15-10-4-3-5-14-11(10)12(17)18/h3-5,8-9H,6-7H2,1-2H3,(H,15,19)(H,17,18). The fourth-order valence-electron chi connectivity index (χ4n) is 2.05. The number of aromatic nitrogens is 1. The third kappa shape index (κ3) is 3.05. The second-order valence-electron chi connectivity index (χ2n) is 4.78. The van der Waals surface area contributed by atoms with E-state index in [2.05, 4.69) is 10.3 Å². The fraction of sp³-hybridized carbons (Fsp3) is 0.462. The minimum Gasteiger partial charge on any atom is -0.476 e. The number of carboxylic acid groups (broad SMARTS) is 1. The molecule has 0 spiro atoms. The molecular formula is C13H17N3O4. The van der Waals surface area contributed by atoms with Crippen LogP contribution in [0.25, 0.3) is 0 Å². The number of ether oxygens (including phenoxy) is 1. The van der Waals surface area contributed by atoms with Crippen LogP contribution in [0.15, 0.2) is 18.3 Å². The zero-order chi connectivity index (χ0) is 14.7. The zero-order valence-corrected chi connectivity index (χ0v) is 11.4. The lowest BCUT2D eigenvalue weighted by Crippen LogP contribution is -2.51. The summed E-state index contributed by atoms with van der Waals surface area (Å²) in [5.41, 5.74) is 0.0196. The predicted octanol–water partition coefficient (Wildman–Crippen LogP) is 1.42. The van der Waals surface area contributed by atoms with Gasteiger partial charge in [-0.25, -0.2) is 14.6 Å². The second-order valence-corrected chi connectivity index (χ2v) is 4.78. The Morgan fingerprint density at radius 2 is 2.25 bits per heavy atom. The molecule has 2 heterocycles. The van der Waals surface area contributed by atoms with Gasteiger partial charge in [0.25, 0.3) is 0 Å². The molecule has 20 heavy (non-hydrogen) atoms. The molecule has 2 N–H and O–H groups in total. The van der Waals surface area contributed by atoms with Crippen LogP contribution in [0.5, 0.6) is 0 Å². The average Bonchev–Trinajstić information content (AvgIpc) is 2.41. The van der Waals surface area contributed by atoms with Crippen molar-refractivity contribution < 1.29 is 19.4 Å². The minimum atomic E-state index is -1.18. The van der Waals surface area contributed by atoms with E-state index in [1.165, 1.54) is 12.3 Å². The molecule has 0 bridgehead atoms. The molecule has 2 amide bonds. The van der Waals surface area contributed by atoms with Crippen molar-refractivity contribution in [3.63, 3.8) is 0 Å². The molecule has 7 nitrogen and oxygen atoms in total. The molecule has 1 aliphatic rings. The number of pyridine rings is 1. The van der Waals surface area contributed by atoms with Gasteiger partial charge in [-0.3, -0.25) is 0 Å². The second kappa shape index (κ2) is 5.87. The Hall–Kier alpha value is -2.15. The summed E-state index contributed by atoms with van der Waals surface area (Å²) in [5, 5.41) is 11.6. The number of aromatic carboxylic acids is 1. The smallest absolute Gasteiger partial charge is 0.356 e. The number of amides is 2. The van der Waals surface area contributed by atoms with Gasteiger partial charge in [-0.2, -0.15) is 0 Å². The van der Waals surface area contributed by atoms with E-state index in [9.17, 15) is 9.59 Å². The van der Waals surface area contributed by atoms with E-state index in [-0.39, 0.29) is 29.6 Å². The number of morpholine rings is 1. The molecule has 1 aromatic rings. The lowest BCUT2D eigenvalue weighted by atomic mass is 10.2. The van der Waals surface area contributed by atoms with Gasteiger partial charge in [-0.15, -0.1) is 0 Å². The normalized spacial score (nSPS) is 22.4. The maximum atomic E-state index is 12.2. The fourth-order valence-corrected chi connectivity index (χ4v) is 2.05. The Bertz CT molecular complexity index is 520. The van der Waals surface area contributed by atoms with Crippen LogP contribution >= 0.6 is 0 Å². The quantitative estimate of drug-likeness (QED) is 0.854. The van der Waals surface area contributed by atoms with Crippen molar-refractivity contribution in [3.05, 3.63) is 24.0 Å². The van der Waals surface area contributed by atoms with Gasteiger partial charge >= 0.3 is 12.0 Å². The van der Waals surface area contributed by atoms with E-state index in [0.29, 0.717) is 13.2 Å². The number of hydrogen-bond donors (Lipinski definition) is 2. The first-order valence-corrected chi connectivity index (χ1v) is 6.36. The highest BCUT2D eigenvalue weighted by molar-refractivity contribution is 5.98. The summed E-state index contributed by atoms with van der Waals surface area (Å²) in [5.74, 6) is -1.18. The van der Waals surface area contributed by atoms with Crippen LogP contribution in [0.3, 0.4) is 0 Å². The van der Waals surface area contributed by atoms with E-state index in [0.717, 1.165) is 0 Å². The van der Waals surface area contributed by atoms with Crippen LogP contribution in [-0.4, -0.2) is 52.3 Å². The van der Waals surface area contributed by atoms with E-state index in [4.69, 9.17) is 9.84 Å². The summed E-state index contributed by atoms with van der Waals surface area (Å²) < 4.78 is 5.45. The van der Waals surface area contributed by atoms with E-state index >= 15 is 0 Å². The van der Waals surface area contributed by atoms with Gasteiger partial charge in [0.15, 0.2) is 5.69 Å². The largest absolute Gasteiger partial charge is 0.476 e. The highest BCUT2D eigenvalue weighted by Crippen LogP contribution is 2.16. The van der Waals surface area contributed by atoms with E-state index in [1.807, 2.05) is 13.8 Å². The van der Waals surface area contributed by atoms with Gasteiger partial charge in [0, 0.05) is 12.7 Å². The van der Waals surface area contributed by atoms with Crippen LogP contribution in [-0.2, 0) is 4.74 Å². The van der Waals surface area contributed by atoms with Gasteiger partial charge in [-0.05, 0) is 26.0 Å². The highest BCUT2D eigenvalue weighted by Gasteiger charge is 2.28. The molecule has 7 heteroatoms. The van der Waals surface area contributed by atoms with Crippen LogP contribution in [0, 0.1) is 0 Å². The number of hydrogen-bond acceptors (Lipinski definition) is 4. The lowest BCUT2D eigenvalue weighted by molar-refractivity contribution is -0.0296. The molecule has 0 saturated carbocycles. The Balaban J connectivity index is 2.13. The first-order chi connectivity index (χ1) is 9.49. The molecule has 0 aromatic carbocycles. The predicted molar refractivity (Wildman–Crippen MR) is 71.8 cm³/mol. The van der Waals surface area contributed by atoms with Gasteiger partial charge in [0.1, 0.15) is 0 Å². The molecule has 108 valence electrons. The Kier molecular flexibility index (Phi) is 4.19. The Labute approximate surface area is 116 Å². The summed E-state index contributed by atoms with van der Waals surface area (Å²) >= 11 is 0. The summed E-state index contributed by atoms with van der Waals surface area (Å²) in [6, 6.07) is 2.69. The number of rotatable bonds is 2. The van der Waals surface area contributed by atoms with Gasteiger partial charge in [-0.1, -0.05) is 0 Å². The number of nitrogens with zero attached hydrogens (tertiary/aromatic N) is 2. The van der Waals surface area contributed by atoms with Crippen LogP contribution in [0.1, 0.15) is 24.3 Å². The Morgan fingerprint density at radius 3 is 2.95 bits per heavy atom. The van der Waals surface area contributed by atoms with Crippen molar-refractivity contribution in [1.29, 1.82) is 0 Å². The van der Waals surface area contributed by atoms with Gasteiger partial charge < -0.3 is 20.1 Å². The maximum absolute atomic E-state index is 12.2. The summed E-state index contributed by atoms with van der Waals surface area (Å²) in [6.45, 7) is 4.70. The summed E-state index contributed by atoms with van der Waals surface area (Å²) in [7, 11) is 0. The lowest BCUT2D eigenvalue weighted by Gasteiger charge is -2.36. The monoisotopic (exact) mass is 279 g/mol. The van der Waals surface area contributed by atoms with Crippen molar-refractivity contribution in [1.82, 2.24) is 9.88 Å². The number of carbonyl (C=O) groups is 2. The van der Waals surface area contributed by atoms with Crippen LogP contribution in [0.4, 0.5) is 10.5 Å². The molecule has 2 unspecified atom stereocenters. The van der Waals surface area contributed by atoms with Crippen molar-refractivity contribution in [3.8, 4) is 0 Å². The molecule has 1 aliphatic heterocycles. The molecule has 1 saturated heterocycles. The molecule has 1 aromatic heterocycles. The number of nitrogens with one attached hydrogen (secondary N) is 1. The zero-order valence-electron chi connectivity index (χ0n) is 11.4. The number of urea groups is 1. The van der Waals surface area contributed by atoms with Gasteiger partial charge in [0.05, 0.1) is 24.4 Å². The van der Waals surface area contributed by atoms with Crippen molar-refractivity contribution >= 4 is 17.7 Å². The van der Waals surface area contributed by atoms with Gasteiger partial charge in [0.2, 0.25) is 0 Å². The molecular weight excluding hydrogens is 262 g/mol. The first kappa shape index (κ1) is 14.3. The number of anilines is 1. The van der Waals surface area contributed by atoms with Crippen LogP contribution < -0.4 is 5.32 Å². The van der Waals surface area contributed by atoms with E-state index < -0.39 is 5.97 Å². The maximum Gasteiger partial charge on any atom is 0.356 e. The van der Waals surface area contributed by atoms with Crippen molar-refractivity contribution in [2.45, 2.75) is 26.0 Å². The average molecular weight is 279 g/mol. The Morgan fingerprint density at radius 1 is 1.50 bits per heavy atom.